The van der Waals surface area contributed by atoms with Crippen molar-refractivity contribution in [3.63, 3.8) is 0 Å². The molecular formula is C20H16F4N4O4. The van der Waals surface area contributed by atoms with Crippen LogP contribution in [0, 0.1) is 11.6 Å². The summed E-state index contributed by atoms with van der Waals surface area (Å²) in [6.07, 6.45) is 0. The van der Waals surface area contributed by atoms with Crippen molar-refractivity contribution in [3.8, 4) is 23.0 Å². The van der Waals surface area contributed by atoms with Crippen LogP contribution in [-0.4, -0.2) is 42.4 Å². The fraction of sp³-hybridized carbons (Fsp3) is 0.250. The molecular weight excluding hydrogens is 436 g/mol. The third kappa shape index (κ3) is 4.29. The van der Waals surface area contributed by atoms with Gasteiger partial charge >= 0.3 is 12.6 Å². The van der Waals surface area contributed by atoms with Gasteiger partial charge in [-0.25, -0.2) is 8.78 Å². The van der Waals surface area contributed by atoms with Crippen LogP contribution < -0.4 is 20.1 Å². The smallest absolute Gasteiger partial charge is 0.387 e. The van der Waals surface area contributed by atoms with Gasteiger partial charge in [0.05, 0.1) is 7.11 Å². The molecule has 0 saturated carbocycles. The van der Waals surface area contributed by atoms with Crippen molar-refractivity contribution < 1.29 is 36.2 Å². The van der Waals surface area contributed by atoms with E-state index >= 15 is 0 Å². The third-order valence-electron chi connectivity index (χ3n) is 4.87. The van der Waals surface area contributed by atoms with Gasteiger partial charge in [0.25, 0.3) is 0 Å². The lowest BCUT2D eigenvalue weighted by Gasteiger charge is -2.19. The van der Waals surface area contributed by atoms with Crippen LogP contribution in [0.15, 0.2) is 40.8 Å². The summed E-state index contributed by atoms with van der Waals surface area (Å²) in [5, 5.41) is 12.9. The molecule has 1 amide bonds. The minimum Gasteiger partial charge on any atom is -0.497 e. The predicted molar refractivity (Wildman–Crippen MR) is 102 cm³/mol. The van der Waals surface area contributed by atoms with E-state index in [4.69, 9.17) is 9.15 Å². The molecule has 2 heterocycles. The van der Waals surface area contributed by atoms with E-state index in [1.165, 1.54) is 31.4 Å². The highest BCUT2D eigenvalue weighted by Gasteiger charge is 2.40. The molecule has 0 bridgehead atoms. The van der Waals surface area contributed by atoms with Crippen LogP contribution >= 0.6 is 0 Å². The van der Waals surface area contributed by atoms with Crippen LogP contribution in [0.5, 0.6) is 11.5 Å². The molecule has 0 aliphatic carbocycles. The van der Waals surface area contributed by atoms with Crippen LogP contribution in [0.4, 0.5) is 23.6 Å². The van der Waals surface area contributed by atoms with Gasteiger partial charge in [0.2, 0.25) is 11.8 Å². The minimum atomic E-state index is -2.95. The van der Waals surface area contributed by atoms with Crippen molar-refractivity contribution in [1.82, 2.24) is 15.5 Å². The fourth-order valence-corrected chi connectivity index (χ4v) is 3.40. The molecule has 3 aromatic rings. The van der Waals surface area contributed by atoms with Crippen molar-refractivity contribution in [2.24, 2.45) is 0 Å². The molecule has 0 spiro atoms. The summed E-state index contributed by atoms with van der Waals surface area (Å²) >= 11 is 0. The normalized spacial score (nSPS) is 18.0. The van der Waals surface area contributed by atoms with Gasteiger partial charge in [-0.3, -0.25) is 4.79 Å². The highest BCUT2D eigenvalue weighted by atomic mass is 19.3. The van der Waals surface area contributed by atoms with E-state index < -0.39 is 36.1 Å². The lowest BCUT2D eigenvalue weighted by atomic mass is 9.93. The first-order valence-corrected chi connectivity index (χ1v) is 9.31. The highest BCUT2D eigenvalue weighted by Crippen LogP contribution is 2.33. The number of hydrogen-bond acceptors (Lipinski definition) is 7. The minimum absolute atomic E-state index is 0.0107. The summed E-state index contributed by atoms with van der Waals surface area (Å²) < 4.78 is 68.2. The Morgan fingerprint density at radius 3 is 2.44 bits per heavy atom. The Balaban J connectivity index is 1.54. The molecule has 1 unspecified atom stereocenters. The molecule has 1 aliphatic rings. The topological polar surface area (TPSA) is 98.5 Å². The third-order valence-corrected chi connectivity index (χ3v) is 4.87. The molecule has 1 aromatic heterocycles. The van der Waals surface area contributed by atoms with Gasteiger partial charge in [0.1, 0.15) is 29.2 Å². The van der Waals surface area contributed by atoms with Crippen molar-refractivity contribution in [2.45, 2.75) is 18.6 Å². The number of carbonyl (C=O) groups excluding carboxylic acids is 1. The van der Waals surface area contributed by atoms with E-state index in [9.17, 15) is 22.4 Å². The molecule has 1 aliphatic heterocycles. The quantitative estimate of drug-likeness (QED) is 0.531. The van der Waals surface area contributed by atoms with Gasteiger partial charge in [0.15, 0.2) is 0 Å². The first kappa shape index (κ1) is 21.4. The summed E-state index contributed by atoms with van der Waals surface area (Å²) in [7, 11) is 1.28. The summed E-state index contributed by atoms with van der Waals surface area (Å²) in [5.74, 6) is -3.10. The molecule has 2 aromatic carbocycles. The zero-order chi connectivity index (χ0) is 22.8. The number of halogens is 4. The number of hydrogen-bond donors (Lipinski definition) is 2. The van der Waals surface area contributed by atoms with E-state index in [1.54, 1.807) is 0 Å². The Labute approximate surface area is 178 Å². The highest BCUT2D eigenvalue weighted by molar-refractivity contribution is 5.88. The monoisotopic (exact) mass is 452 g/mol. The predicted octanol–water partition coefficient (Wildman–Crippen LogP) is 3.32. The number of aromatic nitrogens is 2. The number of benzene rings is 2. The number of nitrogens with one attached hydrogen (secondary N) is 2. The lowest BCUT2D eigenvalue weighted by Crippen LogP contribution is -2.33. The summed E-state index contributed by atoms with van der Waals surface area (Å²) in [6, 6.07) is 6.29. The number of nitrogens with zero attached hydrogens (tertiary/aromatic N) is 2. The van der Waals surface area contributed by atoms with Crippen molar-refractivity contribution in [3.05, 3.63) is 53.6 Å². The number of ether oxygens (including phenoxy) is 2. The van der Waals surface area contributed by atoms with E-state index in [-0.39, 0.29) is 35.5 Å². The van der Waals surface area contributed by atoms with E-state index in [0.29, 0.717) is 5.56 Å². The van der Waals surface area contributed by atoms with Gasteiger partial charge in [-0.15, -0.1) is 5.10 Å². The van der Waals surface area contributed by atoms with Gasteiger partial charge in [-0.1, -0.05) is 5.10 Å². The second-order valence-electron chi connectivity index (χ2n) is 6.79. The SMILES string of the molecule is COc1cc(F)c(C2CNC(=O)[C@@H]2Nc2nnc(-c3ccc(OC(F)F)cc3)o2)c(F)c1. The molecule has 1 fully saturated rings. The molecule has 168 valence electrons. The Hall–Kier alpha value is -3.83. The average molecular weight is 452 g/mol. The molecule has 0 radical (unpaired) electrons. The molecule has 1 saturated heterocycles. The van der Waals surface area contributed by atoms with E-state index in [2.05, 4.69) is 25.6 Å². The van der Waals surface area contributed by atoms with Crippen molar-refractivity contribution >= 4 is 11.9 Å². The lowest BCUT2D eigenvalue weighted by molar-refractivity contribution is -0.119. The largest absolute Gasteiger partial charge is 0.497 e. The maximum Gasteiger partial charge on any atom is 0.387 e. The van der Waals surface area contributed by atoms with E-state index in [1.807, 2.05) is 0 Å². The Kier molecular flexibility index (Phi) is 5.84. The number of methoxy groups -OCH3 is 1. The van der Waals surface area contributed by atoms with Crippen LogP contribution in [0.1, 0.15) is 11.5 Å². The maximum atomic E-state index is 14.5. The number of alkyl halides is 2. The number of anilines is 1. The van der Waals surface area contributed by atoms with Gasteiger partial charge < -0.3 is 24.5 Å². The fourth-order valence-electron chi connectivity index (χ4n) is 3.40. The van der Waals surface area contributed by atoms with Crippen LogP contribution in [0.2, 0.25) is 0 Å². The van der Waals surface area contributed by atoms with Gasteiger partial charge in [-0.2, -0.15) is 8.78 Å². The zero-order valence-corrected chi connectivity index (χ0v) is 16.4. The number of rotatable bonds is 7. The number of carbonyl (C=O) groups is 1. The molecule has 2 N–H and O–H groups in total. The van der Waals surface area contributed by atoms with Crippen molar-refractivity contribution in [1.29, 1.82) is 0 Å². The Bertz CT molecular complexity index is 1100. The molecule has 2 atom stereocenters. The molecule has 32 heavy (non-hydrogen) atoms. The summed E-state index contributed by atoms with van der Waals surface area (Å²) in [4.78, 5) is 12.3. The zero-order valence-electron chi connectivity index (χ0n) is 16.4. The average Bonchev–Trinajstić information content (AvgIpc) is 3.36. The molecule has 12 heteroatoms. The Morgan fingerprint density at radius 1 is 1.12 bits per heavy atom. The van der Waals surface area contributed by atoms with Gasteiger partial charge in [0, 0.05) is 35.7 Å². The van der Waals surface area contributed by atoms with Crippen LogP contribution in [0.25, 0.3) is 11.5 Å². The number of amides is 1. The maximum absolute atomic E-state index is 14.5. The first-order valence-electron chi connectivity index (χ1n) is 9.31. The molecule has 8 nitrogen and oxygen atoms in total. The van der Waals surface area contributed by atoms with Gasteiger partial charge in [-0.05, 0) is 24.3 Å². The van der Waals surface area contributed by atoms with E-state index in [0.717, 1.165) is 12.1 Å². The van der Waals surface area contributed by atoms with Crippen LogP contribution in [0.3, 0.4) is 0 Å². The summed E-state index contributed by atoms with van der Waals surface area (Å²) in [6.45, 7) is -2.96. The second kappa shape index (κ2) is 8.73. The molecule has 4 rings (SSSR count). The Morgan fingerprint density at radius 2 is 1.81 bits per heavy atom. The van der Waals surface area contributed by atoms with Crippen LogP contribution in [-0.2, 0) is 4.79 Å². The standard InChI is InChI=1S/C20H16F4N4O4/c1-30-11-6-13(21)15(14(22)7-11)12-8-25-17(29)16(12)26-20-28-27-18(32-20)9-2-4-10(5-3-9)31-19(23)24/h2-7,12,16,19H,8H2,1H3,(H,25,29)(H,26,28)/t12?,16-/m1/s1. The summed E-state index contributed by atoms with van der Waals surface area (Å²) in [5.41, 5.74) is 0.128. The first-order chi connectivity index (χ1) is 15.4. The second-order valence-corrected chi connectivity index (χ2v) is 6.79. The van der Waals surface area contributed by atoms with Crippen molar-refractivity contribution in [2.75, 3.05) is 19.0 Å².